The molecule has 1 spiro atoms. The standard InChI is InChI=1S/C73H47N3/c1-2-19-48(20-3-1)50-21-16-23-52(45-50)56-25-6-12-35-67(56)74(53-41-39-49(40-42-53)51-22-17-24-54(46-51)75-68-36-13-7-28-59(68)60-29-8-14-37-69(60)75)55-43-44-71-66(47-55)73(63-32-10-4-26-57(63)58-27-5-11-33-64(58)73)65-34-18-31-62-61-30-9-15-38-70(61)76(71)72(62)65/h1-47H. The summed E-state index contributed by atoms with van der Waals surface area (Å²) >= 11 is 0. The lowest BCUT2D eigenvalue weighted by Crippen LogP contribution is -2.33. The van der Waals surface area contributed by atoms with Crippen molar-refractivity contribution in [1.82, 2.24) is 9.13 Å². The Morgan fingerprint density at radius 2 is 0.763 bits per heavy atom. The lowest BCUT2D eigenvalue weighted by molar-refractivity contribution is 0.748. The van der Waals surface area contributed by atoms with E-state index in [4.69, 9.17) is 0 Å². The second-order valence-electron chi connectivity index (χ2n) is 20.4. The van der Waals surface area contributed by atoms with Crippen LogP contribution < -0.4 is 4.90 Å². The Morgan fingerprint density at radius 3 is 1.47 bits per heavy atom. The average molecular weight is 966 g/mol. The van der Waals surface area contributed by atoms with Crippen molar-refractivity contribution < 1.29 is 0 Å². The molecule has 12 aromatic carbocycles. The smallest absolute Gasteiger partial charge is 0.0755 e. The molecule has 3 heterocycles. The van der Waals surface area contributed by atoms with E-state index in [-0.39, 0.29) is 0 Å². The van der Waals surface area contributed by atoms with Crippen molar-refractivity contribution in [3.8, 4) is 55.9 Å². The predicted molar refractivity (Wildman–Crippen MR) is 317 cm³/mol. The minimum atomic E-state index is -0.594. The van der Waals surface area contributed by atoms with E-state index in [0.717, 1.165) is 45.0 Å². The molecule has 3 nitrogen and oxygen atoms in total. The van der Waals surface area contributed by atoms with Crippen LogP contribution in [-0.2, 0) is 5.41 Å². The Bertz CT molecular complexity index is 4550. The van der Waals surface area contributed by atoms with Crippen LogP contribution in [0.2, 0.25) is 0 Å². The summed E-state index contributed by atoms with van der Waals surface area (Å²) in [6.07, 6.45) is 0. The van der Waals surface area contributed by atoms with Gasteiger partial charge in [-0.15, -0.1) is 0 Å². The molecule has 2 aromatic heterocycles. The van der Waals surface area contributed by atoms with Crippen molar-refractivity contribution in [2.75, 3.05) is 4.90 Å². The van der Waals surface area contributed by atoms with Gasteiger partial charge >= 0.3 is 0 Å². The Labute approximate surface area is 441 Å². The van der Waals surface area contributed by atoms with Gasteiger partial charge in [0.25, 0.3) is 0 Å². The van der Waals surface area contributed by atoms with Crippen LogP contribution in [0.5, 0.6) is 0 Å². The highest BCUT2D eigenvalue weighted by Crippen LogP contribution is 2.62. The van der Waals surface area contributed by atoms with Crippen molar-refractivity contribution in [2.45, 2.75) is 5.41 Å². The molecule has 16 rings (SSSR count). The zero-order valence-corrected chi connectivity index (χ0v) is 41.5. The van der Waals surface area contributed by atoms with Crippen LogP contribution in [0.4, 0.5) is 17.1 Å². The molecule has 3 heteroatoms. The molecule has 0 atom stereocenters. The molecule has 0 N–H and O–H groups in total. The highest BCUT2D eigenvalue weighted by Gasteiger charge is 2.51. The normalized spacial score (nSPS) is 12.8. The van der Waals surface area contributed by atoms with Crippen molar-refractivity contribution in [2.24, 2.45) is 0 Å². The van der Waals surface area contributed by atoms with Crippen molar-refractivity contribution in [1.29, 1.82) is 0 Å². The van der Waals surface area contributed by atoms with Gasteiger partial charge in [-0.05, 0) is 134 Å². The maximum absolute atomic E-state index is 2.55. The van der Waals surface area contributed by atoms with Crippen LogP contribution in [0.1, 0.15) is 22.3 Å². The van der Waals surface area contributed by atoms with Crippen molar-refractivity contribution in [3.63, 3.8) is 0 Å². The Morgan fingerprint density at radius 1 is 0.276 bits per heavy atom. The number of para-hydroxylation sites is 5. The van der Waals surface area contributed by atoms with E-state index in [0.29, 0.717) is 0 Å². The third-order valence-corrected chi connectivity index (χ3v) is 16.5. The number of rotatable bonds is 7. The van der Waals surface area contributed by atoms with Crippen LogP contribution in [-0.4, -0.2) is 9.13 Å². The van der Waals surface area contributed by atoms with E-state index in [1.54, 1.807) is 0 Å². The van der Waals surface area contributed by atoms with Gasteiger partial charge in [0, 0.05) is 44.2 Å². The second kappa shape index (κ2) is 16.5. The number of aromatic nitrogens is 2. The molecule has 14 aromatic rings. The van der Waals surface area contributed by atoms with E-state index in [1.165, 1.54) is 93.8 Å². The van der Waals surface area contributed by atoms with Gasteiger partial charge in [-0.2, -0.15) is 0 Å². The number of hydrogen-bond acceptors (Lipinski definition) is 1. The Kier molecular flexibility index (Phi) is 9.25. The van der Waals surface area contributed by atoms with E-state index >= 15 is 0 Å². The molecule has 0 radical (unpaired) electrons. The summed E-state index contributed by atoms with van der Waals surface area (Å²) in [5.41, 5.74) is 24.7. The summed E-state index contributed by atoms with van der Waals surface area (Å²) in [6, 6.07) is 106. The zero-order chi connectivity index (χ0) is 49.9. The van der Waals surface area contributed by atoms with Crippen LogP contribution in [0.25, 0.3) is 99.5 Å². The highest BCUT2D eigenvalue weighted by molar-refractivity contribution is 6.13. The molecule has 1 aliphatic carbocycles. The van der Waals surface area contributed by atoms with Gasteiger partial charge in [-0.3, -0.25) is 0 Å². The SMILES string of the molecule is c1ccc(-c2cccc(-c3ccccc3N(c3ccc(-c4cccc(-n5c6ccccc6c6ccccc65)c4)cc3)c3ccc4c(c3)C3(c5ccccc5-c5ccccc53)c3cccc5c6ccccc6n-4c35)c2)cc1. The fraction of sp³-hybridized carbons (Fsp3) is 0.0137. The molecule has 0 bridgehead atoms. The maximum atomic E-state index is 2.55. The fourth-order valence-corrected chi connectivity index (χ4v) is 13.4. The number of nitrogens with zero attached hydrogens (tertiary/aromatic N) is 3. The highest BCUT2D eigenvalue weighted by atomic mass is 15.1. The number of hydrogen-bond donors (Lipinski definition) is 0. The first-order valence-corrected chi connectivity index (χ1v) is 26.3. The van der Waals surface area contributed by atoms with Crippen LogP contribution in [0, 0.1) is 0 Å². The first-order valence-electron chi connectivity index (χ1n) is 26.3. The van der Waals surface area contributed by atoms with Gasteiger partial charge in [-0.1, -0.05) is 212 Å². The molecule has 354 valence electrons. The number of anilines is 3. The Balaban J connectivity index is 0.923. The topological polar surface area (TPSA) is 13.1 Å². The summed E-state index contributed by atoms with van der Waals surface area (Å²) in [6.45, 7) is 0. The van der Waals surface area contributed by atoms with E-state index < -0.39 is 5.41 Å². The molecule has 0 unspecified atom stereocenters. The molecule has 0 saturated carbocycles. The molecular weight excluding hydrogens is 919 g/mol. The van der Waals surface area contributed by atoms with Gasteiger partial charge in [-0.25, -0.2) is 0 Å². The van der Waals surface area contributed by atoms with Crippen LogP contribution >= 0.6 is 0 Å². The molecule has 0 fully saturated rings. The fourth-order valence-electron chi connectivity index (χ4n) is 13.4. The third kappa shape index (κ3) is 6.05. The zero-order valence-electron chi connectivity index (χ0n) is 41.5. The summed E-state index contributed by atoms with van der Waals surface area (Å²) < 4.78 is 4.95. The van der Waals surface area contributed by atoms with E-state index in [1.807, 2.05) is 0 Å². The lowest BCUT2D eigenvalue weighted by Gasteiger charge is -2.40. The van der Waals surface area contributed by atoms with E-state index in [2.05, 4.69) is 299 Å². The first kappa shape index (κ1) is 42.5. The van der Waals surface area contributed by atoms with Gasteiger partial charge < -0.3 is 14.0 Å². The number of fused-ring (bicyclic) bond motifs is 15. The molecule has 0 amide bonds. The number of benzene rings is 12. The average Bonchev–Trinajstić information content (AvgIpc) is 4.32. The van der Waals surface area contributed by atoms with Gasteiger partial charge in [0.15, 0.2) is 0 Å². The summed E-state index contributed by atoms with van der Waals surface area (Å²) in [4.78, 5) is 2.49. The minimum absolute atomic E-state index is 0.594. The molecule has 0 saturated heterocycles. The monoisotopic (exact) mass is 965 g/mol. The summed E-state index contributed by atoms with van der Waals surface area (Å²) in [5, 5.41) is 5.06. The van der Waals surface area contributed by atoms with Crippen molar-refractivity contribution in [3.05, 3.63) is 307 Å². The molecule has 2 aliphatic rings. The molecule has 76 heavy (non-hydrogen) atoms. The van der Waals surface area contributed by atoms with E-state index in [9.17, 15) is 0 Å². The minimum Gasteiger partial charge on any atom is -0.310 e. The summed E-state index contributed by atoms with van der Waals surface area (Å²) in [5.74, 6) is 0. The first-order chi connectivity index (χ1) is 37.7. The van der Waals surface area contributed by atoms with Gasteiger partial charge in [0.1, 0.15) is 0 Å². The lowest BCUT2D eigenvalue weighted by atomic mass is 9.65. The van der Waals surface area contributed by atoms with Crippen molar-refractivity contribution >= 4 is 60.7 Å². The largest absolute Gasteiger partial charge is 0.310 e. The van der Waals surface area contributed by atoms with Crippen LogP contribution in [0.3, 0.4) is 0 Å². The third-order valence-electron chi connectivity index (χ3n) is 16.5. The molecular formula is C73H47N3. The molecule has 1 aliphatic heterocycles. The van der Waals surface area contributed by atoms with Gasteiger partial charge in [0.05, 0.1) is 38.9 Å². The maximum Gasteiger partial charge on any atom is 0.0755 e. The predicted octanol–water partition coefficient (Wildman–Crippen LogP) is 19.0. The van der Waals surface area contributed by atoms with Gasteiger partial charge in [0.2, 0.25) is 0 Å². The second-order valence-corrected chi connectivity index (χ2v) is 20.4. The quantitative estimate of drug-likeness (QED) is 0.155. The Hall–Kier alpha value is -9.96. The summed E-state index contributed by atoms with van der Waals surface area (Å²) in [7, 11) is 0. The van der Waals surface area contributed by atoms with Crippen LogP contribution in [0.15, 0.2) is 285 Å².